The molecule has 2 saturated heterocycles. The number of fused-ring (bicyclic) bond motifs is 1. The van der Waals surface area contributed by atoms with Crippen LogP contribution in [0.3, 0.4) is 0 Å². The zero-order valence-corrected chi connectivity index (χ0v) is 15.2. The van der Waals surface area contributed by atoms with Crippen molar-refractivity contribution >= 4 is 34.3 Å². The Balaban J connectivity index is 1.67. The molecule has 3 aliphatic heterocycles. The number of aromatic nitrogens is 2. The summed E-state index contributed by atoms with van der Waals surface area (Å²) in [6.45, 7) is 1.99. The normalized spacial score (nSPS) is 27.2. The third kappa shape index (κ3) is 2.50. The average molecular weight is 420 g/mol. The number of rotatable bonds is 2. The largest absolute Gasteiger partial charge is 0.493 e. The molecule has 2 aromatic rings. The Labute approximate surface area is 159 Å². The molecule has 0 radical (unpaired) electrons. The fourth-order valence-corrected chi connectivity index (χ4v) is 5.55. The molecular formula is C16H13ClF3N3O3S. The van der Waals surface area contributed by atoms with Gasteiger partial charge in [0, 0.05) is 18.8 Å². The molecule has 4 heterocycles. The van der Waals surface area contributed by atoms with Gasteiger partial charge in [0.15, 0.2) is 0 Å². The highest BCUT2D eigenvalue weighted by Gasteiger charge is 2.48. The first-order valence-electron chi connectivity index (χ1n) is 8.29. The number of halogens is 4. The Kier molecular flexibility index (Phi) is 3.75. The summed E-state index contributed by atoms with van der Waals surface area (Å²) in [5.74, 6) is -0.322. The van der Waals surface area contributed by atoms with Gasteiger partial charge in [0.25, 0.3) is 0 Å². The highest BCUT2D eigenvalue weighted by Crippen LogP contribution is 2.48. The lowest BCUT2D eigenvalue weighted by Crippen LogP contribution is -2.71. The van der Waals surface area contributed by atoms with E-state index < -0.39 is 28.3 Å². The SMILES string of the molecule is O=c1nc(O)c2cc(C(F)(F)F)c(Cl)c3c2n1[C@@H](CN1CC2OCC21)CS3. The van der Waals surface area contributed by atoms with Crippen LogP contribution in [0.5, 0.6) is 5.88 Å². The number of ether oxygens (including phenoxy) is 1. The van der Waals surface area contributed by atoms with Crippen LogP contribution in [-0.2, 0) is 10.9 Å². The van der Waals surface area contributed by atoms with Crippen molar-refractivity contribution in [3.05, 3.63) is 27.1 Å². The molecule has 6 nitrogen and oxygen atoms in total. The number of nitrogens with zero attached hydrogens (tertiary/aromatic N) is 3. The highest BCUT2D eigenvalue weighted by molar-refractivity contribution is 7.99. The van der Waals surface area contributed by atoms with Crippen LogP contribution in [0.4, 0.5) is 13.2 Å². The van der Waals surface area contributed by atoms with Gasteiger partial charge in [0.1, 0.15) is 0 Å². The zero-order valence-electron chi connectivity index (χ0n) is 13.7. The van der Waals surface area contributed by atoms with Gasteiger partial charge in [0.2, 0.25) is 5.88 Å². The monoisotopic (exact) mass is 419 g/mol. The Morgan fingerprint density at radius 3 is 2.81 bits per heavy atom. The van der Waals surface area contributed by atoms with Crippen LogP contribution in [0, 0.1) is 0 Å². The van der Waals surface area contributed by atoms with Crippen LogP contribution in [-0.4, -0.2) is 57.2 Å². The van der Waals surface area contributed by atoms with E-state index in [2.05, 4.69) is 9.88 Å². The number of hydrogen-bond acceptors (Lipinski definition) is 6. The Morgan fingerprint density at radius 1 is 1.44 bits per heavy atom. The first-order valence-corrected chi connectivity index (χ1v) is 9.65. The number of thioether (sulfide) groups is 1. The van der Waals surface area contributed by atoms with E-state index in [1.807, 2.05) is 0 Å². The van der Waals surface area contributed by atoms with E-state index in [4.69, 9.17) is 16.3 Å². The van der Waals surface area contributed by atoms with E-state index in [0.29, 0.717) is 24.9 Å². The summed E-state index contributed by atoms with van der Waals surface area (Å²) in [5.41, 5.74) is -1.52. The number of likely N-dealkylation sites (tertiary alicyclic amines) is 1. The predicted octanol–water partition coefficient (Wildman–Crippen LogP) is 2.50. The molecule has 0 bridgehead atoms. The number of morpholine rings is 1. The molecular weight excluding hydrogens is 407 g/mol. The van der Waals surface area contributed by atoms with Gasteiger partial charge >= 0.3 is 11.9 Å². The quantitative estimate of drug-likeness (QED) is 0.806. The molecule has 3 aliphatic rings. The topological polar surface area (TPSA) is 67.6 Å². The summed E-state index contributed by atoms with van der Waals surface area (Å²) in [6.07, 6.45) is -4.43. The van der Waals surface area contributed by atoms with Crippen molar-refractivity contribution < 1.29 is 23.0 Å². The van der Waals surface area contributed by atoms with Crippen molar-refractivity contribution in [2.75, 3.05) is 25.4 Å². The van der Waals surface area contributed by atoms with Crippen molar-refractivity contribution in [3.63, 3.8) is 0 Å². The fraction of sp³-hybridized carbons (Fsp3) is 0.500. The molecule has 1 aromatic heterocycles. The minimum atomic E-state index is -4.68. The third-order valence-electron chi connectivity index (χ3n) is 5.41. The summed E-state index contributed by atoms with van der Waals surface area (Å²) in [6, 6.07) is 0.825. The van der Waals surface area contributed by atoms with Gasteiger partial charge in [-0.05, 0) is 6.07 Å². The summed E-state index contributed by atoms with van der Waals surface area (Å²) < 4.78 is 46.7. The average Bonchev–Trinajstić information content (AvgIpc) is 2.56. The summed E-state index contributed by atoms with van der Waals surface area (Å²) in [7, 11) is 0. The lowest BCUT2D eigenvalue weighted by molar-refractivity contribution is -0.216. The summed E-state index contributed by atoms with van der Waals surface area (Å²) >= 11 is 7.21. The third-order valence-corrected chi connectivity index (χ3v) is 7.16. The first kappa shape index (κ1) is 17.6. The maximum Gasteiger partial charge on any atom is 0.417 e. The van der Waals surface area contributed by atoms with Gasteiger partial charge < -0.3 is 9.84 Å². The number of alkyl halides is 3. The molecule has 0 spiro atoms. The van der Waals surface area contributed by atoms with Crippen molar-refractivity contribution in [1.29, 1.82) is 0 Å². The Morgan fingerprint density at radius 2 is 2.22 bits per heavy atom. The van der Waals surface area contributed by atoms with Crippen molar-refractivity contribution in [2.24, 2.45) is 0 Å². The molecule has 2 unspecified atom stereocenters. The van der Waals surface area contributed by atoms with Crippen molar-refractivity contribution in [3.8, 4) is 5.88 Å². The Hall–Kier alpha value is -1.49. The lowest BCUT2D eigenvalue weighted by Gasteiger charge is -2.55. The molecule has 11 heteroatoms. The van der Waals surface area contributed by atoms with E-state index in [9.17, 15) is 23.1 Å². The van der Waals surface area contributed by atoms with Gasteiger partial charge in [-0.3, -0.25) is 9.47 Å². The van der Waals surface area contributed by atoms with E-state index in [0.717, 1.165) is 12.6 Å². The van der Waals surface area contributed by atoms with Crippen LogP contribution in [0.1, 0.15) is 11.6 Å². The van der Waals surface area contributed by atoms with Crippen LogP contribution in [0.15, 0.2) is 15.8 Å². The van der Waals surface area contributed by atoms with Gasteiger partial charge in [-0.2, -0.15) is 18.2 Å². The predicted molar refractivity (Wildman–Crippen MR) is 92.5 cm³/mol. The first-order chi connectivity index (χ1) is 12.8. The number of aromatic hydroxyl groups is 1. The zero-order chi connectivity index (χ0) is 19.1. The van der Waals surface area contributed by atoms with Gasteiger partial charge in [0.05, 0.1) is 51.2 Å². The highest BCUT2D eigenvalue weighted by atomic mass is 35.5. The standard InChI is InChI=1S/C16H13ClF3N3O3S/c17-11-8(16(18,19)20)1-7-12-13(11)27-5-6(23(12)15(25)21-14(7)24)2-22-3-10-9(22)4-26-10/h1,6,9-10H,2-5H2,(H,21,24,25)/t6-,9?,10?/m0/s1. The van der Waals surface area contributed by atoms with E-state index in [1.54, 1.807) is 0 Å². The van der Waals surface area contributed by atoms with Crippen LogP contribution in [0.25, 0.3) is 10.9 Å². The molecule has 0 aliphatic carbocycles. The molecule has 27 heavy (non-hydrogen) atoms. The van der Waals surface area contributed by atoms with Crippen LogP contribution < -0.4 is 5.69 Å². The Bertz CT molecular complexity index is 1030. The fourth-order valence-electron chi connectivity index (χ4n) is 3.94. The maximum absolute atomic E-state index is 13.3. The van der Waals surface area contributed by atoms with Crippen molar-refractivity contribution in [1.82, 2.24) is 14.5 Å². The van der Waals surface area contributed by atoms with Gasteiger partial charge in [-0.25, -0.2) is 4.79 Å². The maximum atomic E-state index is 13.3. The molecule has 1 N–H and O–H groups in total. The summed E-state index contributed by atoms with van der Waals surface area (Å²) in [4.78, 5) is 18.4. The smallest absolute Gasteiger partial charge is 0.417 e. The molecule has 5 rings (SSSR count). The minimum absolute atomic E-state index is 0.119. The van der Waals surface area contributed by atoms with Crippen LogP contribution >= 0.6 is 23.4 Å². The second-order valence-electron chi connectivity index (χ2n) is 6.91. The van der Waals surface area contributed by atoms with Crippen molar-refractivity contribution in [2.45, 2.75) is 29.3 Å². The van der Waals surface area contributed by atoms with Gasteiger partial charge in [-0.15, -0.1) is 11.8 Å². The molecule has 0 saturated carbocycles. The second-order valence-corrected chi connectivity index (χ2v) is 8.32. The molecule has 3 atom stereocenters. The van der Waals surface area contributed by atoms with E-state index >= 15 is 0 Å². The molecule has 2 fully saturated rings. The number of hydrogen-bond donors (Lipinski definition) is 1. The second kappa shape index (κ2) is 5.76. The van der Waals surface area contributed by atoms with Crippen LogP contribution in [0.2, 0.25) is 5.02 Å². The number of benzene rings is 1. The van der Waals surface area contributed by atoms with Gasteiger partial charge in [-0.1, -0.05) is 11.6 Å². The lowest BCUT2D eigenvalue weighted by atomic mass is 9.94. The molecule has 144 valence electrons. The van der Waals surface area contributed by atoms with E-state index in [-0.39, 0.29) is 27.9 Å². The van der Waals surface area contributed by atoms with E-state index in [1.165, 1.54) is 16.3 Å². The molecule has 1 aromatic carbocycles. The summed E-state index contributed by atoms with van der Waals surface area (Å²) in [5, 5.41) is 9.47. The molecule has 0 amide bonds. The minimum Gasteiger partial charge on any atom is -0.493 e.